The lowest BCUT2D eigenvalue weighted by atomic mass is 10.1. The van der Waals surface area contributed by atoms with Crippen molar-refractivity contribution in [1.82, 2.24) is 18.6 Å². The molecule has 1 aliphatic rings. The highest BCUT2D eigenvalue weighted by molar-refractivity contribution is 7.88. The van der Waals surface area contributed by atoms with Gasteiger partial charge in [-0.25, -0.2) is 22.8 Å². The molecule has 0 aliphatic carbocycles. The zero-order valence-corrected chi connectivity index (χ0v) is 18.7. The molecular weight excluding hydrogens is 449 g/mol. The number of fused-ring (bicyclic) bond motifs is 1. The monoisotopic (exact) mass is 469 g/mol. The first-order chi connectivity index (χ1) is 15.5. The first-order valence-corrected chi connectivity index (χ1v) is 12.5. The van der Waals surface area contributed by atoms with Crippen LogP contribution in [0.5, 0.6) is 0 Å². The van der Waals surface area contributed by atoms with Crippen molar-refractivity contribution in [1.29, 1.82) is 0 Å². The van der Waals surface area contributed by atoms with Gasteiger partial charge in [0.1, 0.15) is 28.1 Å². The standard InChI is InChI=1S/C22H20FN5O2S2/c23-18-8-6-17(7-9-18)19-20-21(31-26-19)22(25-15-24-20)27-10-12-28(13-11-27)32(29,30)14-16-4-2-1-3-5-16/h1-9,15H,10-14H2. The number of sulfonamides is 1. The summed E-state index contributed by atoms with van der Waals surface area (Å²) in [4.78, 5) is 10.9. The Hall–Kier alpha value is -2.95. The third-order valence-electron chi connectivity index (χ3n) is 5.48. The Morgan fingerprint density at radius 1 is 0.938 bits per heavy atom. The average molecular weight is 470 g/mol. The number of halogens is 1. The van der Waals surface area contributed by atoms with E-state index in [0.29, 0.717) is 37.4 Å². The summed E-state index contributed by atoms with van der Waals surface area (Å²) in [6.07, 6.45) is 1.50. The van der Waals surface area contributed by atoms with E-state index in [1.54, 1.807) is 16.4 Å². The SMILES string of the molecule is O=S(=O)(Cc1ccccc1)N1CCN(c2ncnc3c(-c4ccc(F)cc4)nsc23)CC1. The molecule has 4 aromatic rings. The molecule has 3 heterocycles. The highest BCUT2D eigenvalue weighted by atomic mass is 32.2. The number of benzene rings is 2. The molecule has 0 unspecified atom stereocenters. The second-order valence-corrected chi connectivity index (χ2v) is 10.3. The van der Waals surface area contributed by atoms with Crippen LogP contribution in [0.3, 0.4) is 0 Å². The van der Waals surface area contributed by atoms with Gasteiger partial charge in [-0.2, -0.15) is 8.68 Å². The smallest absolute Gasteiger partial charge is 0.218 e. The second kappa shape index (κ2) is 8.53. The number of hydrogen-bond donors (Lipinski definition) is 0. The van der Waals surface area contributed by atoms with Crippen molar-refractivity contribution in [3.63, 3.8) is 0 Å². The van der Waals surface area contributed by atoms with Gasteiger partial charge >= 0.3 is 0 Å². The van der Waals surface area contributed by atoms with E-state index in [1.807, 2.05) is 30.3 Å². The van der Waals surface area contributed by atoms with Crippen LogP contribution < -0.4 is 4.90 Å². The van der Waals surface area contributed by atoms with E-state index in [2.05, 4.69) is 19.2 Å². The molecule has 0 saturated carbocycles. The molecule has 1 fully saturated rings. The summed E-state index contributed by atoms with van der Waals surface area (Å²) in [5, 5.41) is 0. The summed E-state index contributed by atoms with van der Waals surface area (Å²) < 4.78 is 45.9. The summed E-state index contributed by atoms with van der Waals surface area (Å²) >= 11 is 1.30. The minimum Gasteiger partial charge on any atom is -0.353 e. The van der Waals surface area contributed by atoms with E-state index in [9.17, 15) is 12.8 Å². The summed E-state index contributed by atoms with van der Waals surface area (Å²) in [7, 11) is -3.39. The van der Waals surface area contributed by atoms with E-state index in [1.165, 1.54) is 30.0 Å². The Balaban J connectivity index is 1.35. The van der Waals surface area contributed by atoms with Crippen LogP contribution in [0, 0.1) is 5.82 Å². The van der Waals surface area contributed by atoms with Gasteiger partial charge in [-0.3, -0.25) is 0 Å². The third-order valence-corrected chi connectivity index (χ3v) is 8.16. The molecule has 32 heavy (non-hydrogen) atoms. The number of hydrogen-bond acceptors (Lipinski definition) is 7. The molecule has 0 N–H and O–H groups in total. The van der Waals surface area contributed by atoms with E-state index in [-0.39, 0.29) is 11.6 Å². The lowest BCUT2D eigenvalue weighted by Crippen LogP contribution is -2.49. The molecule has 0 atom stereocenters. The van der Waals surface area contributed by atoms with Crippen LogP contribution in [-0.4, -0.2) is 53.2 Å². The minimum atomic E-state index is -3.39. The third kappa shape index (κ3) is 4.08. The van der Waals surface area contributed by atoms with E-state index in [4.69, 9.17) is 0 Å². The molecular formula is C22H20FN5O2S2. The zero-order chi connectivity index (χ0) is 22.1. The van der Waals surface area contributed by atoms with Gasteiger partial charge < -0.3 is 4.90 Å². The maximum Gasteiger partial charge on any atom is 0.218 e. The summed E-state index contributed by atoms with van der Waals surface area (Å²) in [5.41, 5.74) is 2.98. The molecule has 0 spiro atoms. The first kappa shape index (κ1) is 20.9. The van der Waals surface area contributed by atoms with Crippen LogP contribution in [0.4, 0.5) is 10.2 Å². The number of nitrogens with zero attached hydrogens (tertiary/aromatic N) is 5. The number of piperazine rings is 1. The lowest BCUT2D eigenvalue weighted by molar-refractivity contribution is 0.383. The number of anilines is 1. The predicted octanol–water partition coefficient (Wildman–Crippen LogP) is 3.54. The Bertz CT molecular complexity index is 1340. The summed E-state index contributed by atoms with van der Waals surface area (Å²) in [5.74, 6) is 0.450. The number of aromatic nitrogens is 3. The van der Waals surface area contributed by atoms with Crippen molar-refractivity contribution in [3.05, 3.63) is 72.3 Å². The van der Waals surface area contributed by atoms with Gasteiger partial charge in [-0.05, 0) is 41.4 Å². The molecule has 0 bridgehead atoms. The molecule has 164 valence electrons. The molecule has 10 heteroatoms. The Kier molecular flexibility index (Phi) is 5.58. The minimum absolute atomic E-state index is 0.00146. The van der Waals surface area contributed by atoms with Gasteiger partial charge in [0.05, 0.1) is 5.75 Å². The largest absolute Gasteiger partial charge is 0.353 e. The fraction of sp³-hybridized carbons (Fsp3) is 0.227. The van der Waals surface area contributed by atoms with Crippen LogP contribution in [-0.2, 0) is 15.8 Å². The Morgan fingerprint density at radius 3 is 2.38 bits per heavy atom. The fourth-order valence-electron chi connectivity index (χ4n) is 3.83. The highest BCUT2D eigenvalue weighted by Gasteiger charge is 2.29. The van der Waals surface area contributed by atoms with Gasteiger partial charge in [0, 0.05) is 31.7 Å². The number of rotatable bonds is 5. The molecule has 1 aliphatic heterocycles. The van der Waals surface area contributed by atoms with E-state index in [0.717, 1.165) is 21.6 Å². The van der Waals surface area contributed by atoms with E-state index >= 15 is 0 Å². The summed E-state index contributed by atoms with van der Waals surface area (Å²) in [6, 6.07) is 15.4. The Labute approximate surface area is 189 Å². The summed E-state index contributed by atoms with van der Waals surface area (Å²) in [6.45, 7) is 1.85. The normalized spacial score (nSPS) is 15.3. The second-order valence-electron chi connectivity index (χ2n) is 7.54. The highest BCUT2D eigenvalue weighted by Crippen LogP contribution is 2.34. The molecule has 7 nitrogen and oxygen atoms in total. The van der Waals surface area contributed by atoms with Gasteiger partial charge in [-0.15, -0.1) is 0 Å². The van der Waals surface area contributed by atoms with Crippen LogP contribution in [0.1, 0.15) is 5.56 Å². The van der Waals surface area contributed by atoms with Gasteiger partial charge in [-0.1, -0.05) is 30.3 Å². The molecule has 2 aromatic heterocycles. The van der Waals surface area contributed by atoms with Crippen molar-refractivity contribution in [2.24, 2.45) is 0 Å². The van der Waals surface area contributed by atoms with Crippen molar-refractivity contribution in [2.45, 2.75) is 5.75 Å². The van der Waals surface area contributed by atoms with Gasteiger partial charge in [0.2, 0.25) is 10.0 Å². The first-order valence-electron chi connectivity index (χ1n) is 10.1. The quantitative estimate of drug-likeness (QED) is 0.445. The zero-order valence-electron chi connectivity index (χ0n) is 17.1. The predicted molar refractivity (Wildman–Crippen MR) is 123 cm³/mol. The molecule has 2 aromatic carbocycles. The van der Waals surface area contributed by atoms with Crippen molar-refractivity contribution < 1.29 is 12.8 Å². The van der Waals surface area contributed by atoms with E-state index < -0.39 is 10.0 Å². The van der Waals surface area contributed by atoms with Gasteiger partial charge in [0.25, 0.3) is 0 Å². The molecule has 0 radical (unpaired) electrons. The molecule has 5 rings (SSSR count). The van der Waals surface area contributed by atoms with Crippen LogP contribution in [0.2, 0.25) is 0 Å². The maximum atomic E-state index is 13.3. The molecule has 0 amide bonds. The average Bonchev–Trinajstić information content (AvgIpc) is 3.24. The lowest BCUT2D eigenvalue weighted by Gasteiger charge is -2.34. The fourth-order valence-corrected chi connectivity index (χ4v) is 6.22. The van der Waals surface area contributed by atoms with Crippen LogP contribution in [0.25, 0.3) is 21.5 Å². The van der Waals surface area contributed by atoms with Gasteiger partial charge in [0.15, 0.2) is 5.82 Å². The topological polar surface area (TPSA) is 79.3 Å². The van der Waals surface area contributed by atoms with Crippen LogP contribution in [0.15, 0.2) is 60.9 Å². The van der Waals surface area contributed by atoms with Crippen LogP contribution >= 0.6 is 11.5 Å². The Morgan fingerprint density at radius 2 is 1.66 bits per heavy atom. The van der Waals surface area contributed by atoms with Crippen molar-refractivity contribution >= 4 is 37.6 Å². The maximum absolute atomic E-state index is 13.3. The van der Waals surface area contributed by atoms with Crippen molar-refractivity contribution in [3.8, 4) is 11.3 Å². The van der Waals surface area contributed by atoms with Crippen molar-refractivity contribution in [2.75, 3.05) is 31.1 Å². The molecule has 1 saturated heterocycles.